The number of ether oxygens (including phenoxy) is 1. The molecule has 0 aromatic heterocycles. The van der Waals surface area contributed by atoms with Crippen molar-refractivity contribution in [2.24, 2.45) is 0 Å². The van der Waals surface area contributed by atoms with Crippen molar-refractivity contribution in [1.82, 2.24) is 0 Å². The first-order valence-corrected chi connectivity index (χ1v) is 8.22. The van der Waals surface area contributed by atoms with Gasteiger partial charge in [0.05, 0.1) is 6.61 Å². The third-order valence-corrected chi connectivity index (χ3v) is 3.85. The van der Waals surface area contributed by atoms with E-state index >= 15 is 0 Å². The molecular weight excluding hydrogens is 303 g/mol. The first-order chi connectivity index (χ1) is 10.3. The Balaban J connectivity index is 1.92. The van der Waals surface area contributed by atoms with Crippen LogP contribution in [-0.2, 0) is 12.8 Å². The van der Waals surface area contributed by atoms with Crippen LogP contribution in [0.15, 0.2) is 48.5 Å². The molecule has 0 spiro atoms. The van der Waals surface area contributed by atoms with Gasteiger partial charge in [0.1, 0.15) is 5.75 Å². The number of hydrogen-bond donors (Lipinski definition) is 0. The normalized spacial score (nSPS) is 10.6. The molecule has 0 saturated heterocycles. The molecule has 2 aromatic carbocycles. The number of alkyl halides is 1. The van der Waals surface area contributed by atoms with E-state index in [1.165, 1.54) is 11.1 Å². The lowest BCUT2D eigenvalue weighted by Gasteiger charge is -2.12. The third-order valence-electron chi connectivity index (χ3n) is 3.34. The molecule has 2 rings (SSSR count). The van der Waals surface area contributed by atoms with Gasteiger partial charge in [0.2, 0.25) is 0 Å². The molecule has 112 valence electrons. The quantitative estimate of drug-likeness (QED) is 0.459. The number of halogens is 2. The zero-order chi connectivity index (χ0) is 14.9. The van der Waals surface area contributed by atoms with Gasteiger partial charge in [-0.25, -0.2) is 0 Å². The minimum atomic E-state index is 0.675. The molecule has 0 N–H and O–H groups in total. The maximum absolute atomic E-state index is 6.08. The van der Waals surface area contributed by atoms with Gasteiger partial charge in [-0.2, -0.15) is 0 Å². The highest BCUT2D eigenvalue weighted by molar-refractivity contribution is 6.30. The summed E-state index contributed by atoms with van der Waals surface area (Å²) in [5.74, 6) is 1.63. The van der Waals surface area contributed by atoms with E-state index in [-0.39, 0.29) is 0 Å². The van der Waals surface area contributed by atoms with Gasteiger partial charge in [-0.3, -0.25) is 0 Å². The van der Waals surface area contributed by atoms with E-state index in [0.717, 1.165) is 36.5 Å². The van der Waals surface area contributed by atoms with Crippen molar-refractivity contribution in [2.75, 3.05) is 12.5 Å². The second-order valence-corrected chi connectivity index (χ2v) is 5.80. The maximum Gasteiger partial charge on any atom is 0.122 e. The van der Waals surface area contributed by atoms with Crippen LogP contribution in [0.25, 0.3) is 0 Å². The van der Waals surface area contributed by atoms with E-state index in [9.17, 15) is 0 Å². The smallest absolute Gasteiger partial charge is 0.122 e. The lowest BCUT2D eigenvalue weighted by molar-refractivity contribution is 0.318. The highest BCUT2D eigenvalue weighted by Crippen LogP contribution is 2.25. The number of benzene rings is 2. The van der Waals surface area contributed by atoms with E-state index in [1.807, 2.05) is 24.3 Å². The fourth-order valence-electron chi connectivity index (χ4n) is 2.22. The first-order valence-electron chi connectivity index (χ1n) is 7.30. The molecule has 0 unspecified atom stereocenters. The van der Waals surface area contributed by atoms with Gasteiger partial charge in [-0.15, -0.1) is 11.6 Å². The predicted molar refractivity (Wildman–Crippen MR) is 90.8 cm³/mol. The Bertz CT molecular complexity index is 540. The van der Waals surface area contributed by atoms with Gasteiger partial charge in [0.25, 0.3) is 0 Å². The molecule has 0 aliphatic heterocycles. The molecule has 0 fully saturated rings. The summed E-state index contributed by atoms with van der Waals surface area (Å²) in [6.45, 7) is 0.675. The molecule has 21 heavy (non-hydrogen) atoms. The fourth-order valence-corrected chi connectivity index (χ4v) is 2.60. The van der Waals surface area contributed by atoms with E-state index in [4.69, 9.17) is 27.9 Å². The number of unbranched alkanes of at least 4 members (excludes halogenated alkanes) is 1. The van der Waals surface area contributed by atoms with Gasteiger partial charge in [-0.05, 0) is 48.6 Å². The summed E-state index contributed by atoms with van der Waals surface area (Å²) < 4.78 is 5.94. The summed E-state index contributed by atoms with van der Waals surface area (Å²) in [7, 11) is 0. The molecule has 3 heteroatoms. The molecule has 0 heterocycles. The Morgan fingerprint density at radius 2 is 1.71 bits per heavy atom. The number of rotatable bonds is 8. The van der Waals surface area contributed by atoms with Crippen LogP contribution in [0.1, 0.15) is 24.0 Å². The summed E-state index contributed by atoms with van der Waals surface area (Å²) in [5.41, 5.74) is 2.45. The van der Waals surface area contributed by atoms with E-state index in [2.05, 4.69) is 24.3 Å². The Hall–Kier alpha value is -1.18. The third kappa shape index (κ3) is 5.61. The van der Waals surface area contributed by atoms with Crippen molar-refractivity contribution < 1.29 is 4.74 Å². The SMILES string of the molecule is ClCCCCc1cc(Cl)ccc1OCCc1ccccc1. The summed E-state index contributed by atoms with van der Waals surface area (Å²) in [6, 6.07) is 16.2. The predicted octanol–water partition coefficient (Wildman–Crippen LogP) is 5.52. The van der Waals surface area contributed by atoms with Gasteiger partial charge in [-0.1, -0.05) is 41.9 Å². The standard InChI is InChI=1S/C18H20Cl2O/c19-12-5-4-8-16-14-17(20)9-10-18(16)21-13-11-15-6-2-1-3-7-15/h1-3,6-7,9-10,14H,4-5,8,11-13H2. The highest BCUT2D eigenvalue weighted by atomic mass is 35.5. The van der Waals surface area contributed by atoms with Crippen molar-refractivity contribution in [3.8, 4) is 5.75 Å². The molecule has 0 bridgehead atoms. The molecule has 0 atom stereocenters. The zero-order valence-corrected chi connectivity index (χ0v) is 13.5. The Kier molecular flexibility index (Phi) is 6.91. The van der Waals surface area contributed by atoms with Crippen molar-refractivity contribution in [1.29, 1.82) is 0 Å². The minimum absolute atomic E-state index is 0.675. The van der Waals surface area contributed by atoms with E-state index < -0.39 is 0 Å². The Morgan fingerprint density at radius 1 is 0.905 bits per heavy atom. The summed E-state index contributed by atoms with van der Waals surface area (Å²) >= 11 is 11.8. The van der Waals surface area contributed by atoms with E-state index in [0.29, 0.717) is 12.5 Å². The van der Waals surface area contributed by atoms with Gasteiger partial charge in [0, 0.05) is 17.3 Å². The average molecular weight is 323 g/mol. The van der Waals surface area contributed by atoms with Crippen LogP contribution in [0.2, 0.25) is 5.02 Å². The van der Waals surface area contributed by atoms with Crippen LogP contribution < -0.4 is 4.74 Å². The van der Waals surface area contributed by atoms with Crippen LogP contribution in [0, 0.1) is 0 Å². The second kappa shape index (κ2) is 8.96. The lowest BCUT2D eigenvalue weighted by atomic mass is 10.1. The molecule has 2 aromatic rings. The fraction of sp³-hybridized carbons (Fsp3) is 0.333. The molecule has 0 aliphatic carbocycles. The Labute approximate surface area is 136 Å². The van der Waals surface area contributed by atoms with Crippen LogP contribution in [0.3, 0.4) is 0 Å². The Morgan fingerprint density at radius 3 is 2.48 bits per heavy atom. The van der Waals surface area contributed by atoms with Gasteiger partial charge < -0.3 is 4.74 Å². The molecule has 0 radical (unpaired) electrons. The lowest BCUT2D eigenvalue weighted by Crippen LogP contribution is -2.03. The average Bonchev–Trinajstić information content (AvgIpc) is 2.51. The van der Waals surface area contributed by atoms with Crippen LogP contribution in [-0.4, -0.2) is 12.5 Å². The topological polar surface area (TPSA) is 9.23 Å². The molecule has 0 saturated carbocycles. The van der Waals surface area contributed by atoms with Gasteiger partial charge >= 0.3 is 0 Å². The monoisotopic (exact) mass is 322 g/mol. The van der Waals surface area contributed by atoms with Gasteiger partial charge in [0.15, 0.2) is 0 Å². The van der Waals surface area contributed by atoms with Crippen molar-refractivity contribution in [3.63, 3.8) is 0 Å². The van der Waals surface area contributed by atoms with Crippen molar-refractivity contribution in [2.45, 2.75) is 25.7 Å². The van der Waals surface area contributed by atoms with Crippen LogP contribution in [0.4, 0.5) is 0 Å². The number of hydrogen-bond acceptors (Lipinski definition) is 1. The first kappa shape index (κ1) is 16.2. The summed E-state index contributed by atoms with van der Waals surface area (Å²) in [4.78, 5) is 0. The van der Waals surface area contributed by atoms with Crippen LogP contribution >= 0.6 is 23.2 Å². The molecular formula is C18H20Cl2O. The molecule has 0 amide bonds. The van der Waals surface area contributed by atoms with E-state index in [1.54, 1.807) is 0 Å². The second-order valence-electron chi connectivity index (χ2n) is 4.98. The molecule has 0 aliphatic rings. The summed E-state index contributed by atoms with van der Waals surface area (Å²) in [6.07, 6.45) is 3.93. The summed E-state index contributed by atoms with van der Waals surface area (Å²) in [5, 5.41) is 0.756. The molecule has 1 nitrogen and oxygen atoms in total. The van der Waals surface area contributed by atoms with Crippen molar-refractivity contribution >= 4 is 23.2 Å². The maximum atomic E-state index is 6.08. The number of aryl methyl sites for hydroxylation is 1. The van der Waals surface area contributed by atoms with Crippen molar-refractivity contribution in [3.05, 3.63) is 64.7 Å². The van der Waals surface area contributed by atoms with Crippen LogP contribution in [0.5, 0.6) is 5.75 Å². The zero-order valence-electron chi connectivity index (χ0n) is 12.0. The largest absolute Gasteiger partial charge is 0.493 e. The highest BCUT2D eigenvalue weighted by Gasteiger charge is 2.05. The minimum Gasteiger partial charge on any atom is -0.493 e.